The van der Waals surface area contributed by atoms with E-state index in [2.05, 4.69) is 49.6 Å². The highest BCUT2D eigenvalue weighted by Gasteiger charge is 2.27. The van der Waals surface area contributed by atoms with E-state index in [0.29, 0.717) is 11.8 Å². The molecule has 7 heteroatoms. The normalized spacial score (nSPS) is 17.9. The van der Waals surface area contributed by atoms with E-state index in [1.54, 1.807) is 19.5 Å². The predicted molar refractivity (Wildman–Crippen MR) is 98.2 cm³/mol. The molecule has 25 heavy (non-hydrogen) atoms. The molecular formula is C18H28N6O. The van der Waals surface area contributed by atoms with Crippen molar-refractivity contribution in [3.63, 3.8) is 0 Å². The minimum absolute atomic E-state index is 0.412. The Morgan fingerprint density at radius 1 is 1.20 bits per heavy atom. The van der Waals surface area contributed by atoms with Gasteiger partial charge in [-0.3, -0.25) is 0 Å². The zero-order chi connectivity index (χ0) is 17.6. The summed E-state index contributed by atoms with van der Waals surface area (Å²) in [6.07, 6.45) is 10.8. The predicted octanol–water partition coefficient (Wildman–Crippen LogP) is 2.02. The molecule has 0 amide bonds. The van der Waals surface area contributed by atoms with Crippen LogP contribution in [0.1, 0.15) is 31.0 Å². The maximum absolute atomic E-state index is 5.38. The van der Waals surface area contributed by atoms with E-state index in [-0.39, 0.29) is 0 Å². The Bertz CT molecular complexity index is 671. The van der Waals surface area contributed by atoms with Gasteiger partial charge < -0.3 is 19.1 Å². The van der Waals surface area contributed by atoms with Crippen LogP contribution in [0, 0.1) is 0 Å². The summed E-state index contributed by atoms with van der Waals surface area (Å²) in [5.74, 6) is 3.03. The molecule has 1 aliphatic rings. The van der Waals surface area contributed by atoms with Gasteiger partial charge in [0, 0.05) is 50.3 Å². The Morgan fingerprint density at radius 2 is 2.04 bits per heavy atom. The molecule has 1 unspecified atom stereocenters. The first kappa shape index (κ1) is 17.7. The first-order valence-electron chi connectivity index (χ1n) is 8.94. The first-order valence-corrected chi connectivity index (χ1v) is 8.94. The molecule has 1 saturated heterocycles. The van der Waals surface area contributed by atoms with Gasteiger partial charge in [-0.1, -0.05) is 0 Å². The number of ether oxygens (including phenoxy) is 1. The van der Waals surface area contributed by atoms with Gasteiger partial charge >= 0.3 is 0 Å². The van der Waals surface area contributed by atoms with E-state index in [9.17, 15) is 0 Å². The quantitative estimate of drug-likeness (QED) is 0.766. The van der Waals surface area contributed by atoms with E-state index in [4.69, 9.17) is 4.74 Å². The van der Waals surface area contributed by atoms with Gasteiger partial charge in [-0.25, -0.2) is 15.0 Å². The van der Waals surface area contributed by atoms with Crippen LogP contribution in [0.3, 0.4) is 0 Å². The SMILES string of the molecule is COc1nccnc1N1CCCC(c2nccn2CCCN(C)C)C1. The Hall–Kier alpha value is -2.15. The maximum atomic E-state index is 5.38. The summed E-state index contributed by atoms with van der Waals surface area (Å²) in [5, 5.41) is 0. The molecule has 0 bridgehead atoms. The van der Waals surface area contributed by atoms with Crippen LogP contribution in [0.4, 0.5) is 5.82 Å². The third-order valence-corrected chi connectivity index (χ3v) is 4.68. The van der Waals surface area contributed by atoms with Gasteiger partial charge in [0.2, 0.25) is 0 Å². The minimum atomic E-state index is 0.412. The van der Waals surface area contributed by atoms with Crippen molar-refractivity contribution >= 4 is 5.82 Å². The lowest BCUT2D eigenvalue weighted by atomic mass is 9.97. The van der Waals surface area contributed by atoms with Crippen LogP contribution in [0.5, 0.6) is 5.88 Å². The second-order valence-electron chi connectivity index (χ2n) is 6.81. The van der Waals surface area contributed by atoms with Gasteiger partial charge in [0.15, 0.2) is 5.82 Å². The summed E-state index contributed by atoms with van der Waals surface area (Å²) in [5.41, 5.74) is 0. The van der Waals surface area contributed by atoms with E-state index >= 15 is 0 Å². The van der Waals surface area contributed by atoms with Crippen molar-refractivity contribution in [1.29, 1.82) is 0 Å². The monoisotopic (exact) mass is 344 g/mol. The highest BCUT2D eigenvalue weighted by atomic mass is 16.5. The molecule has 0 aromatic carbocycles. The van der Waals surface area contributed by atoms with E-state index < -0.39 is 0 Å². The molecule has 2 aromatic heterocycles. The van der Waals surface area contributed by atoms with Crippen molar-refractivity contribution in [2.45, 2.75) is 31.7 Å². The summed E-state index contributed by atoms with van der Waals surface area (Å²) < 4.78 is 7.69. The number of aromatic nitrogens is 4. The zero-order valence-electron chi connectivity index (χ0n) is 15.4. The van der Waals surface area contributed by atoms with Crippen molar-refractivity contribution in [1.82, 2.24) is 24.4 Å². The summed E-state index contributed by atoms with van der Waals surface area (Å²) >= 11 is 0. The molecule has 0 aliphatic carbocycles. The highest BCUT2D eigenvalue weighted by molar-refractivity contribution is 5.48. The molecule has 3 rings (SSSR count). The molecule has 3 heterocycles. The van der Waals surface area contributed by atoms with Gasteiger partial charge in [0.1, 0.15) is 5.82 Å². The number of nitrogens with zero attached hydrogens (tertiary/aromatic N) is 6. The van der Waals surface area contributed by atoms with Gasteiger partial charge in [0.05, 0.1) is 7.11 Å². The fourth-order valence-electron chi connectivity index (χ4n) is 3.49. The second kappa shape index (κ2) is 8.29. The van der Waals surface area contributed by atoms with Gasteiger partial charge in [-0.15, -0.1) is 0 Å². The van der Waals surface area contributed by atoms with Crippen molar-refractivity contribution < 1.29 is 4.74 Å². The summed E-state index contributed by atoms with van der Waals surface area (Å²) in [4.78, 5) is 17.9. The maximum Gasteiger partial charge on any atom is 0.257 e. The van der Waals surface area contributed by atoms with Crippen molar-refractivity contribution in [2.24, 2.45) is 0 Å². The second-order valence-corrected chi connectivity index (χ2v) is 6.81. The zero-order valence-corrected chi connectivity index (χ0v) is 15.4. The van der Waals surface area contributed by atoms with Crippen molar-refractivity contribution in [3.05, 3.63) is 30.6 Å². The summed E-state index contributed by atoms with van der Waals surface area (Å²) in [6, 6.07) is 0. The first-order chi connectivity index (χ1) is 12.2. The number of piperidine rings is 1. The number of hydrogen-bond acceptors (Lipinski definition) is 6. The average molecular weight is 344 g/mol. The van der Waals surface area contributed by atoms with E-state index in [1.807, 2.05) is 6.20 Å². The third-order valence-electron chi connectivity index (χ3n) is 4.68. The largest absolute Gasteiger partial charge is 0.478 e. The lowest BCUT2D eigenvalue weighted by Crippen LogP contribution is -2.36. The van der Waals surface area contributed by atoms with Gasteiger partial charge in [0.25, 0.3) is 5.88 Å². The molecule has 0 radical (unpaired) electrons. The molecular weight excluding hydrogens is 316 g/mol. The Balaban J connectivity index is 1.71. The Kier molecular flexibility index (Phi) is 5.86. The molecule has 136 valence electrons. The van der Waals surface area contributed by atoms with Crippen molar-refractivity contribution in [2.75, 3.05) is 45.7 Å². The molecule has 1 atom stereocenters. The van der Waals surface area contributed by atoms with Crippen LogP contribution >= 0.6 is 0 Å². The van der Waals surface area contributed by atoms with Gasteiger partial charge in [-0.2, -0.15) is 0 Å². The average Bonchev–Trinajstić information content (AvgIpc) is 3.10. The van der Waals surface area contributed by atoms with Crippen LogP contribution in [-0.2, 0) is 6.54 Å². The number of rotatable bonds is 7. The highest BCUT2D eigenvalue weighted by Crippen LogP contribution is 2.31. The lowest BCUT2D eigenvalue weighted by Gasteiger charge is -2.33. The van der Waals surface area contributed by atoms with E-state index in [0.717, 1.165) is 51.3 Å². The Morgan fingerprint density at radius 3 is 2.84 bits per heavy atom. The smallest absolute Gasteiger partial charge is 0.257 e. The fraction of sp³-hybridized carbons (Fsp3) is 0.611. The molecule has 0 saturated carbocycles. The van der Waals surface area contributed by atoms with Gasteiger partial charge in [-0.05, 0) is 39.9 Å². The number of hydrogen-bond donors (Lipinski definition) is 0. The van der Waals surface area contributed by atoms with Crippen LogP contribution in [-0.4, -0.2) is 65.3 Å². The lowest BCUT2D eigenvalue weighted by molar-refractivity contribution is 0.378. The molecule has 7 nitrogen and oxygen atoms in total. The molecule has 1 aliphatic heterocycles. The topological polar surface area (TPSA) is 59.3 Å². The molecule has 1 fully saturated rings. The number of methoxy groups -OCH3 is 1. The summed E-state index contributed by atoms with van der Waals surface area (Å²) in [7, 11) is 5.87. The molecule has 2 aromatic rings. The number of imidazole rings is 1. The standard InChI is InChI=1S/C18H28N6O/c1-22(2)10-5-12-23-13-9-20-16(23)15-6-4-11-24(14-15)17-18(25-3)21-8-7-19-17/h7-9,13,15H,4-6,10-12,14H2,1-3H3. The minimum Gasteiger partial charge on any atom is -0.478 e. The van der Waals surface area contributed by atoms with E-state index in [1.165, 1.54) is 5.82 Å². The molecule has 0 N–H and O–H groups in total. The fourth-order valence-corrected chi connectivity index (χ4v) is 3.49. The summed E-state index contributed by atoms with van der Waals surface area (Å²) in [6.45, 7) is 3.98. The number of aryl methyl sites for hydroxylation is 1. The van der Waals surface area contributed by atoms with Crippen LogP contribution in [0.15, 0.2) is 24.8 Å². The molecule has 0 spiro atoms. The van der Waals surface area contributed by atoms with Crippen LogP contribution < -0.4 is 9.64 Å². The Labute approximate surface area is 149 Å². The third kappa shape index (κ3) is 4.28. The van der Waals surface area contributed by atoms with Crippen LogP contribution in [0.25, 0.3) is 0 Å². The van der Waals surface area contributed by atoms with Crippen molar-refractivity contribution in [3.8, 4) is 5.88 Å². The number of anilines is 1. The van der Waals surface area contributed by atoms with Crippen LogP contribution in [0.2, 0.25) is 0 Å².